The quantitative estimate of drug-likeness (QED) is 0.886. The second-order valence-electron chi connectivity index (χ2n) is 6.18. The van der Waals surface area contributed by atoms with Crippen molar-refractivity contribution in [2.24, 2.45) is 11.1 Å². The Morgan fingerprint density at radius 1 is 1.17 bits per heavy atom. The minimum absolute atomic E-state index is 0.196. The van der Waals surface area contributed by atoms with E-state index in [0.717, 1.165) is 12.1 Å². The molecule has 1 unspecified atom stereocenters. The van der Waals surface area contributed by atoms with Crippen molar-refractivity contribution in [2.45, 2.75) is 26.3 Å². The lowest BCUT2D eigenvalue weighted by atomic mass is 9.90. The van der Waals surface area contributed by atoms with Crippen molar-refractivity contribution in [1.82, 2.24) is 4.90 Å². The first-order chi connectivity index (χ1) is 8.27. The molecule has 0 saturated heterocycles. The molecule has 0 heterocycles. The monoisotopic (exact) mass is 245 g/mol. The number of nitrogens with two attached hydrogens (primary N) is 1. The first kappa shape index (κ1) is 14.7. The Bertz CT molecular complexity index is 414. The van der Waals surface area contributed by atoms with Gasteiger partial charge in [0.15, 0.2) is 0 Å². The van der Waals surface area contributed by atoms with E-state index in [9.17, 15) is 5.26 Å². The lowest BCUT2D eigenvalue weighted by Gasteiger charge is -2.32. The van der Waals surface area contributed by atoms with Crippen LogP contribution in [0.15, 0.2) is 30.3 Å². The number of likely N-dealkylation sites (N-methyl/N-ethyl adjacent to an activating group) is 1. The molecule has 0 aliphatic heterocycles. The number of nitriles is 1. The summed E-state index contributed by atoms with van der Waals surface area (Å²) in [6.45, 7) is 7.97. The lowest BCUT2D eigenvalue weighted by Crippen LogP contribution is -2.47. The smallest absolute Gasteiger partial charge is 0.142 e. The van der Waals surface area contributed by atoms with Gasteiger partial charge in [-0.05, 0) is 18.0 Å². The molecule has 18 heavy (non-hydrogen) atoms. The van der Waals surface area contributed by atoms with Crippen LogP contribution in [0, 0.1) is 16.7 Å². The summed E-state index contributed by atoms with van der Waals surface area (Å²) in [4.78, 5) is 2.12. The first-order valence-corrected chi connectivity index (χ1v) is 6.21. The molecule has 1 aromatic carbocycles. The number of hydrogen-bond donors (Lipinski definition) is 1. The Labute approximate surface area is 110 Å². The van der Waals surface area contributed by atoms with Crippen LogP contribution in [-0.4, -0.2) is 25.0 Å². The minimum Gasteiger partial charge on any atom is -0.309 e. The van der Waals surface area contributed by atoms with Gasteiger partial charge in [-0.3, -0.25) is 0 Å². The molecular weight excluding hydrogens is 222 g/mol. The molecule has 3 nitrogen and oxygen atoms in total. The molecule has 0 radical (unpaired) electrons. The summed E-state index contributed by atoms with van der Waals surface area (Å²) in [5.74, 6) is 0. The summed E-state index contributed by atoms with van der Waals surface area (Å²) >= 11 is 0. The fourth-order valence-electron chi connectivity index (χ4n) is 2.22. The van der Waals surface area contributed by atoms with Crippen molar-refractivity contribution in [1.29, 1.82) is 5.26 Å². The molecule has 0 spiro atoms. The zero-order chi connectivity index (χ0) is 13.8. The second-order valence-corrected chi connectivity index (χ2v) is 6.18. The molecule has 0 aliphatic rings. The fourth-order valence-corrected chi connectivity index (χ4v) is 2.22. The molecule has 0 bridgehead atoms. The number of hydrogen-bond acceptors (Lipinski definition) is 3. The summed E-state index contributed by atoms with van der Waals surface area (Å²) in [7, 11) is 2.01. The average Bonchev–Trinajstić information content (AvgIpc) is 2.27. The van der Waals surface area contributed by atoms with Crippen LogP contribution in [0.1, 0.15) is 26.3 Å². The standard InChI is InChI=1S/C15H23N3/c1-14(2,3)11-18(4)12-15(17,10-16)13-8-6-5-7-9-13/h5-9H,11-12,17H2,1-4H3. The van der Waals surface area contributed by atoms with Crippen LogP contribution < -0.4 is 5.73 Å². The van der Waals surface area contributed by atoms with E-state index >= 15 is 0 Å². The van der Waals surface area contributed by atoms with Gasteiger partial charge in [-0.1, -0.05) is 51.1 Å². The zero-order valence-corrected chi connectivity index (χ0v) is 11.8. The topological polar surface area (TPSA) is 53.0 Å². The van der Waals surface area contributed by atoms with E-state index < -0.39 is 5.54 Å². The van der Waals surface area contributed by atoms with Gasteiger partial charge >= 0.3 is 0 Å². The van der Waals surface area contributed by atoms with Gasteiger partial charge in [0.2, 0.25) is 0 Å². The van der Waals surface area contributed by atoms with Gasteiger partial charge in [-0.15, -0.1) is 0 Å². The summed E-state index contributed by atoms with van der Waals surface area (Å²) in [5.41, 5.74) is 6.36. The largest absolute Gasteiger partial charge is 0.309 e. The van der Waals surface area contributed by atoms with Crippen molar-refractivity contribution in [3.8, 4) is 6.07 Å². The van der Waals surface area contributed by atoms with Crippen LogP contribution in [-0.2, 0) is 5.54 Å². The van der Waals surface area contributed by atoms with Gasteiger partial charge < -0.3 is 10.6 Å². The third-order valence-corrected chi connectivity index (χ3v) is 2.75. The normalized spacial score (nSPS) is 15.2. The van der Waals surface area contributed by atoms with Crippen LogP contribution in [0.2, 0.25) is 0 Å². The van der Waals surface area contributed by atoms with E-state index in [0.29, 0.717) is 6.54 Å². The van der Waals surface area contributed by atoms with E-state index in [-0.39, 0.29) is 5.41 Å². The van der Waals surface area contributed by atoms with E-state index in [1.807, 2.05) is 37.4 Å². The summed E-state index contributed by atoms with van der Waals surface area (Å²) in [6.07, 6.45) is 0. The second kappa shape index (κ2) is 5.51. The Morgan fingerprint density at radius 3 is 2.17 bits per heavy atom. The first-order valence-electron chi connectivity index (χ1n) is 6.21. The summed E-state index contributed by atoms with van der Waals surface area (Å²) in [5, 5.41) is 9.38. The van der Waals surface area contributed by atoms with Crippen molar-refractivity contribution < 1.29 is 0 Å². The molecule has 1 aromatic rings. The van der Waals surface area contributed by atoms with E-state index in [1.54, 1.807) is 0 Å². The highest BCUT2D eigenvalue weighted by Crippen LogP contribution is 2.21. The average molecular weight is 245 g/mol. The molecule has 1 rings (SSSR count). The van der Waals surface area contributed by atoms with Crippen LogP contribution in [0.25, 0.3) is 0 Å². The minimum atomic E-state index is -0.943. The maximum atomic E-state index is 9.38. The van der Waals surface area contributed by atoms with Crippen LogP contribution in [0.5, 0.6) is 0 Å². The Kier molecular flexibility index (Phi) is 4.50. The third kappa shape index (κ3) is 4.14. The van der Waals surface area contributed by atoms with Gasteiger partial charge in [0, 0.05) is 13.1 Å². The lowest BCUT2D eigenvalue weighted by molar-refractivity contribution is 0.202. The highest BCUT2D eigenvalue weighted by Gasteiger charge is 2.29. The Morgan fingerprint density at radius 2 is 1.72 bits per heavy atom. The number of rotatable bonds is 4. The van der Waals surface area contributed by atoms with Crippen molar-refractivity contribution in [3.05, 3.63) is 35.9 Å². The van der Waals surface area contributed by atoms with Crippen molar-refractivity contribution in [3.63, 3.8) is 0 Å². The van der Waals surface area contributed by atoms with Crippen molar-refractivity contribution in [2.75, 3.05) is 20.1 Å². The summed E-state index contributed by atoms with van der Waals surface area (Å²) in [6, 6.07) is 11.8. The van der Waals surface area contributed by atoms with Gasteiger partial charge in [0.25, 0.3) is 0 Å². The van der Waals surface area contributed by atoms with Crippen molar-refractivity contribution >= 4 is 0 Å². The van der Waals surface area contributed by atoms with Gasteiger partial charge in [-0.25, -0.2) is 0 Å². The maximum absolute atomic E-state index is 9.38. The molecule has 0 saturated carbocycles. The number of benzene rings is 1. The van der Waals surface area contributed by atoms with Crippen LogP contribution >= 0.6 is 0 Å². The molecule has 2 N–H and O–H groups in total. The maximum Gasteiger partial charge on any atom is 0.142 e. The SMILES string of the molecule is CN(CC(C)(C)C)CC(N)(C#N)c1ccccc1. The van der Waals surface area contributed by atoms with Crippen LogP contribution in [0.3, 0.4) is 0 Å². The molecular formula is C15H23N3. The molecule has 1 atom stereocenters. The molecule has 0 fully saturated rings. The molecule has 98 valence electrons. The molecule has 0 aliphatic carbocycles. The zero-order valence-electron chi connectivity index (χ0n) is 11.8. The van der Waals surface area contributed by atoms with Crippen LogP contribution in [0.4, 0.5) is 0 Å². The number of nitrogens with zero attached hydrogens (tertiary/aromatic N) is 2. The molecule has 0 aromatic heterocycles. The van der Waals surface area contributed by atoms with E-state index in [2.05, 4.69) is 31.7 Å². The summed E-state index contributed by atoms with van der Waals surface area (Å²) < 4.78 is 0. The highest BCUT2D eigenvalue weighted by molar-refractivity contribution is 5.31. The molecule has 0 amide bonds. The molecule has 3 heteroatoms. The Balaban J connectivity index is 2.82. The Hall–Kier alpha value is -1.37. The predicted octanol–water partition coefficient (Wildman–Crippen LogP) is 2.34. The van der Waals surface area contributed by atoms with Gasteiger partial charge in [0.05, 0.1) is 6.07 Å². The fraction of sp³-hybridized carbons (Fsp3) is 0.533. The third-order valence-electron chi connectivity index (χ3n) is 2.75. The van der Waals surface area contributed by atoms with E-state index in [4.69, 9.17) is 5.73 Å². The highest BCUT2D eigenvalue weighted by atomic mass is 15.1. The van der Waals surface area contributed by atoms with E-state index in [1.165, 1.54) is 0 Å². The van der Waals surface area contributed by atoms with Gasteiger partial charge in [0.1, 0.15) is 5.54 Å². The van der Waals surface area contributed by atoms with Gasteiger partial charge in [-0.2, -0.15) is 5.26 Å². The predicted molar refractivity (Wildman–Crippen MR) is 74.9 cm³/mol.